The van der Waals surface area contributed by atoms with Crippen molar-refractivity contribution in [2.45, 2.75) is 12.8 Å². The summed E-state index contributed by atoms with van der Waals surface area (Å²) in [6, 6.07) is 5.48. The molecule has 0 saturated heterocycles. The lowest BCUT2D eigenvalue weighted by Crippen LogP contribution is -2.29. The molecular formula is C14H17N5O. The minimum atomic E-state index is -0.0423. The number of hydrogen-bond acceptors (Lipinski definition) is 4. The molecule has 2 aromatic rings. The van der Waals surface area contributed by atoms with Crippen LogP contribution in [0.4, 0.5) is 5.69 Å². The third-order valence-electron chi connectivity index (χ3n) is 3.19. The highest BCUT2D eigenvalue weighted by Gasteiger charge is 2.20. The van der Waals surface area contributed by atoms with E-state index in [9.17, 15) is 4.79 Å². The monoisotopic (exact) mass is 271 g/mol. The van der Waals surface area contributed by atoms with Gasteiger partial charge in [-0.3, -0.25) is 4.79 Å². The number of pyridine rings is 1. The molecule has 1 saturated carbocycles. The van der Waals surface area contributed by atoms with E-state index in [2.05, 4.69) is 20.7 Å². The van der Waals surface area contributed by atoms with Crippen LogP contribution in [0.1, 0.15) is 12.8 Å². The first-order chi connectivity index (χ1) is 9.81. The third-order valence-corrected chi connectivity index (χ3v) is 3.19. The van der Waals surface area contributed by atoms with Gasteiger partial charge in [-0.15, -0.1) is 0 Å². The van der Waals surface area contributed by atoms with E-state index in [1.165, 1.54) is 12.8 Å². The van der Waals surface area contributed by atoms with Crippen molar-refractivity contribution in [1.29, 1.82) is 0 Å². The third kappa shape index (κ3) is 3.42. The summed E-state index contributed by atoms with van der Waals surface area (Å²) in [5.74, 6) is 1.46. The number of nitrogens with zero attached hydrogens (tertiary/aromatic N) is 3. The molecule has 2 heterocycles. The van der Waals surface area contributed by atoms with Gasteiger partial charge >= 0.3 is 0 Å². The fourth-order valence-electron chi connectivity index (χ4n) is 1.92. The van der Waals surface area contributed by atoms with Crippen LogP contribution in [0.3, 0.4) is 0 Å². The standard InChI is InChI=1S/C14H17N5O/c20-14(10-15-8-11-2-3-11)18-12-4-5-13(16-9-12)19-7-1-6-17-19/h1,4-7,9,11,15H,2-3,8,10H2,(H,18,20). The van der Waals surface area contributed by atoms with Crippen molar-refractivity contribution < 1.29 is 4.79 Å². The second kappa shape index (κ2) is 5.83. The second-order valence-electron chi connectivity index (χ2n) is 4.98. The first-order valence-corrected chi connectivity index (χ1v) is 6.78. The van der Waals surface area contributed by atoms with E-state index in [-0.39, 0.29) is 5.91 Å². The van der Waals surface area contributed by atoms with Gasteiger partial charge in [0.05, 0.1) is 18.4 Å². The summed E-state index contributed by atoms with van der Waals surface area (Å²) in [5.41, 5.74) is 0.694. The van der Waals surface area contributed by atoms with Crippen LogP contribution in [0, 0.1) is 5.92 Å². The number of anilines is 1. The average Bonchev–Trinajstić information content (AvgIpc) is 3.11. The van der Waals surface area contributed by atoms with Gasteiger partial charge in [0.2, 0.25) is 5.91 Å². The Morgan fingerprint density at radius 2 is 2.30 bits per heavy atom. The molecule has 1 amide bonds. The molecular weight excluding hydrogens is 254 g/mol. The van der Waals surface area contributed by atoms with E-state index in [1.807, 2.05) is 24.4 Å². The van der Waals surface area contributed by atoms with Crippen molar-refractivity contribution in [2.75, 3.05) is 18.4 Å². The fourth-order valence-corrected chi connectivity index (χ4v) is 1.92. The highest BCUT2D eigenvalue weighted by atomic mass is 16.1. The number of nitrogens with one attached hydrogen (secondary N) is 2. The molecule has 0 unspecified atom stereocenters. The molecule has 104 valence electrons. The van der Waals surface area contributed by atoms with Crippen molar-refractivity contribution in [3.05, 3.63) is 36.8 Å². The molecule has 0 bridgehead atoms. The first-order valence-electron chi connectivity index (χ1n) is 6.78. The van der Waals surface area contributed by atoms with Gasteiger partial charge in [-0.1, -0.05) is 0 Å². The Morgan fingerprint density at radius 1 is 1.40 bits per heavy atom. The summed E-state index contributed by atoms with van der Waals surface area (Å²) >= 11 is 0. The Balaban J connectivity index is 1.50. The van der Waals surface area contributed by atoms with E-state index in [1.54, 1.807) is 17.1 Å². The maximum absolute atomic E-state index is 11.7. The molecule has 0 aromatic carbocycles. The SMILES string of the molecule is O=C(CNCC1CC1)Nc1ccc(-n2cccn2)nc1. The zero-order valence-corrected chi connectivity index (χ0v) is 11.1. The van der Waals surface area contributed by atoms with Crippen molar-refractivity contribution in [1.82, 2.24) is 20.1 Å². The first kappa shape index (κ1) is 12.8. The van der Waals surface area contributed by atoms with E-state index in [0.717, 1.165) is 18.3 Å². The predicted octanol–water partition coefficient (Wildman–Crippen LogP) is 1.21. The molecule has 0 spiro atoms. The lowest BCUT2D eigenvalue weighted by Gasteiger charge is -2.07. The zero-order chi connectivity index (χ0) is 13.8. The van der Waals surface area contributed by atoms with Crippen LogP contribution in [-0.2, 0) is 4.79 Å². The van der Waals surface area contributed by atoms with Gasteiger partial charge in [0.1, 0.15) is 0 Å². The van der Waals surface area contributed by atoms with Crippen molar-refractivity contribution in [3.8, 4) is 5.82 Å². The summed E-state index contributed by atoms with van der Waals surface area (Å²) in [4.78, 5) is 16.0. The van der Waals surface area contributed by atoms with Gasteiger partial charge in [-0.25, -0.2) is 9.67 Å². The van der Waals surface area contributed by atoms with Gasteiger partial charge < -0.3 is 10.6 Å². The van der Waals surface area contributed by atoms with E-state index in [4.69, 9.17) is 0 Å². The normalized spacial score (nSPS) is 14.2. The quantitative estimate of drug-likeness (QED) is 0.828. The van der Waals surface area contributed by atoms with Crippen LogP contribution in [0.5, 0.6) is 0 Å². The highest BCUT2D eigenvalue weighted by Crippen LogP contribution is 2.27. The Hall–Kier alpha value is -2.21. The number of hydrogen-bond donors (Lipinski definition) is 2. The Kier molecular flexibility index (Phi) is 3.73. The summed E-state index contributed by atoms with van der Waals surface area (Å²) < 4.78 is 1.67. The van der Waals surface area contributed by atoms with Crippen LogP contribution in [0.25, 0.3) is 5.82 Å². The molecule has 1 aliphatic carbocycles. The molecule has 0 radical (unpaired) electrons. The van der Waals surface area contributed by atoms with Crippen LogP contribution >= 0.6 is 0 Å². The van der Waals surface area contributed by atoms with Gasteiger partial charge in [0, 0.05) is 12.4 Å². The van der Waals surface area contributed by atoms with E-state index < -0.39 is 0 Å². The second-order valence-corrected chi connectivity index (χ2v) is 4.98. The van der Waals surface area contributed by atoms with Crippen LogP contribution in [-0.4, -0.2) is 33.8 Å². The molecule has 0 atom stereocenters. The lowest BCUT2D eigenvalue weighted by molar-refractivity contribution is -0.115. The summed E-state index contributed by atoms with van der Waals surface area (Å²) in [6.45, 7) is 1.28. The summed E-state index contributed by atoms with van der Waals surface area (Å²) in [6.07, 6.45) is 7.72. The van der Waals surface area contributed by atoms with Crippen molar-refractivity contribution >= 4 is 11.6 Å². The molecule has 3 rings (SSSR count). The van der Waals surface area contributed by atoms with Gasteiger partial charge in [0.25, 0.3) is 0 Å². The van der Waals surface area contributed by atoms with Crippen LogP contribution < -0.4 is 10.6 Å². The minimum absolute atomic E-state index is 0.0423. The number of carbonyl (C=O) groups is 1. The van der Waals surface area contributed by atoms with Crippen LogP contribution in [0.2, 0.25) is 0 Å². The molecule has 6 nitrogen and oxygen atoms in total. The molecule has 6 heteroatoms. The summed E-state index contributed by atoms with van der Waals surface area (Å²) in [7, 11) is 0. The van der Waals surface area contributed by atoms with Crippen LogP contribution in [0.15, 0.2) is 36.8 Å². The number of carbonyl (C=O) groups excluding carboxylic acids is 1. The molecule has 20 heavy (non-hydrogen) atoms. The molecule has 0 aliphatic heterocycles. The Labute approximate surface area is 117 Å². The smallest absolute Gasteiger partial charge is 0.238 e. The maximum Gasteiger partial charge on any atom is 0.238 e. The number of rotatable bonds is 6. The molecule has 2 N–H and O–H groups in total. The molecule has 1 fully saturated rings. The van der Waals surface area contributed by atoms with E-state index in [0.29, 0.717) is 12.2 Å². The molecule has 2 aromatic heterocycles. The summed E-state index contributed by atoms with van der Waals surface area (Å²) in [5, 5.41) is 10.1. The largest absolute Gasteiger partial charge is 0.324 e. The average molecular weight is 271 g/mol. The number of aromatic nitrogens is 3. The zero-order valence-electron chi connectivity index (χ0n) is 11.1. The van der Waals surface area contributed by atoms with Gasteiger partial charge in [-0.05, 0) is 43.5 Å². The Bertz CT molecular complexity index is 560. The maximum atomic E-state index is 11.7. The van der Waals surface area contributed by atoms with E-state index >= 15 is 0 Å². The predicted molar refractivity (Wildman–Crippen MR) is 75.6 cm³/mol. The van der Waals surface area contributed by atoms with Gasteiger partial charge in [0.15, 0.2) is 5.82 Å². The number of amides is 1. The lowest BCUT2D eigenvalue weighted by atomic mass is 10.4. The van der Waals surface area contributed by atoms with Crippen molar-refractivity contribution in [2.24, 2.45) is 5.92 Å². The molecule has 1 aliphatic rings. The topological polar surface area (TPSA) is 71.8 Å². The van der Waals surface area contributed by atoms with Crippen molar-refractivity contribution in [3.63, 3.8) is 0 Å². The van der Waals surface area contributed by atoms with Gasteiger partial charge in [-0.2, -0.15) is 5.10 Å². The highest BCUT2D eigenvalue weighted by molar-refractivity contribution is 5.92. The fraction of sp³-hybridized carbons (Fsp3) is 0.357. The minimum Gasteiger partial charge on any atom is -0.324 e. The Morgan fingerprint density at radius 3 is 2.95 bits per heavy atom.